The summed E-state index contributed by atoms with van der Waals surface area (Å²) in [7, 11) is 0. The minimum Gasteiger partial charge on any atom is -0.314 e. The van der Waals surface area contributed by atoms with Gasteiger partial charge < -0.3 is 5.32 Å². The number of nitrogens with zero attached hydrogens (tertiary/aromatic N) is 1. The zero-order valence-corrected chi connectivity index (χ0v) is 14.4. The van der Waals surface area contributed by atoms with Crippen molar-refractivity contribution in [3.63, 3.8) is 0 Å². The molecule has 128 valence electrons. The van der Waals surface area contributed by atoms with E-state index in [0.29, 0.717) is 13.1 Å². The first-order chi connectivity index (χ1) is 9.38. The lowest BCUT2D eigenvalue weighted by molar-refractivity contribution is -0.148. The van der Waals surface area contributed by atoms with Crippen molar-refractivity contribution < 1.29 is 13.2 Å². The Morgan fingerprint density at radius 1 is 1.09 bits per heavy atom. The Morgan fingerprint density at radius 3 is 2.05 bits per heavy atom. The highest BCUT2D eigenvalue weighted by Gasteiger charge is 2.36. The van der Waals surface area contributed by atoms with Crippen LogP contribution in [0, 0.1) is 13.8 Å². The second kappa shape index (κ2) is 8.96. The van der Waals surface area contributed by atoms with E-state index >= 15 is 0 Å². The summed E-state index contributed by atoms with van der Waals surface area (Å²) < 4.78 is 38.9. The number of alkyl halides is 3. The number of hydrogen-bond donors (Lipinski definition) is 1. The molecule has 1 heterocycles. The van der Waals surface area contributed by atoms with Gasteiger partial charge in [-0.3, -0.25) is 4.90 Å². The standard InChI is InChI=1S/C15H21F3N2.2ClH/c1-11-4-3-5-12(2)14(11)13(10-15(16,17)18)20-8-6-19-7-9-20;;/h3-5,13,19H,6-10H2,1-2H3;2*1H/t13-;;/m0../s1. The molecule has 7 heteroatoms. The third-order valence-corrected chi connectivity index (χ3v) is 3.89. The van der Waals surface area contributed by atoms with Crippen LogP contribution in [0.15, 0.2) is 18.2 Å². The third-order valence-electron chi connectivity index (χ3n) is 3.89. The molecule has 2 rings (SSSR count). The van der Waals surface area contributed by atoms with Gasteiger partial charge in [-0.05, 0) is 30.5 Å². The summed E-state index contributed by atoms with van der Waals surface area (Å²) in [4.78, 5) is 1.96. The van der Waals surface area contributed by atoms with Crippen molar-refractivity contribution in [3.05, 3.63) is 34.9 Å². The van der Waals surface area contributed by atoms with Crippen LogP contribution in [0.3, 0.4) is 0 Å². The number of rotatable bonds is 3. The molecular formula is C15H23Cl2F3N2. The first-order valence-electron chi connectivity index (χ1n) is 6.96. The SMILES string of the molecule is Cc1cccc(C)c1[C@H](CC(F)(F)F)N1CCNCC1.Cl.Cl. The van der Waals surface area contributed by atoms with Crippen molar-refractivity contribution in [3.8, 4) is 0 Å². The van der Waals surface area contributed by atoms with Gasteiger partial charge in [-0.1, -0.05) is 18.2 Å². The number of benzene rings is 1. The van der Waals surface area contributed by atoms with Gasteiger partial charge in [0.2, 0.25) is 0 Å². The maximum absolute atomic E-state index is 13.0. The van der Waals surface area contributed by atoms with Crippen molar-refractivity contribution in [2.45, 2.75) is 32.5 Å². The van der Waals surface area contributed by atoms with E-state index in [1.165, 1.54) is 0 Å². The van der Waals surface area contributed by atoms with E-state index in [0.717, 1.165) is 29.8 Å². The Balaban J connectivity index is 0.00000220. The van der Waals surface area contributed by atoms with E-state index in [1.54, 1.807) is 0 Å². The minimum atomic E-state index is -4.15. The molecule has 22 heavy (non-hydrogen) atoms. The summed E-state index contributed by atoms with van der Waals surface area (Å²) in [5.74, 6) is 0. The predicted octanol–water partition coefficient (Wildman–Crippen LogP) is 4.05. The highest BCUT2D eigenvalue weighted by atomic mass is 35.5. The number of piperazine rings is 1. The molecule has 1 aromatic rings. The summed E-state index contributed by atoms with van der Waals surface area (Å²) >= 11 is 0. The highest BCUT2D eigenvalue weighted by molar-refractivity contribution is 5.85. The van der Waals surface area contributed by atoms with Gasteiger partial charge in [-0.2, -0.15) is 13.2 Å². The second-order valence-corrected chi connectivity index (χ2v) is 5.43. The van der Waals surface area contributed by atoms with Gasteiger partial charge in [-0.15, -0.1) is 24.8 Å². The average Bonchev–Trinajstić information content (AvgIpc) is 2.37. The lowest BCUT2D eigenvalue weighted by atomic mass is 9.92. The van der Waals surface area contributed by atoms with E-state index in [-0.39, 0.29) is 24.8 Å². The van der Waals surface area contributed by atoms with Gasteiger partial charge >= 0.3 is 6.18 Å². The Bertz CT molecular complexity index is 440. The lowest BCUT2D eigenvalue weighted by Crippen LogP contribution is -2.46. The van der Waals surface area contributed by atoms with Crippen molar-refractivity contribution in [1.29, 1.82) is 0 Å². The summed E-state index contributed by atoms with van der Waals surface area (Å²) in [6.07, 6.45) is -4.93. The van der Waals surface area contributed by atoms with Gasteiger partial charge in [0.05, 0.1) is 6.42 Å². The molecule has 0 radical (unpaired) electrons. The fraction of sp³-hybridized carbons (Fsp3) is 0.600. The van der Waals surface area contributed by atoms with Gasteiger partial charge in [0.1, 0.15) is 0 Å². The van der Waals surface area contributed by atoms with Crippen LogP contribution in [0.1, 0.15) is 29.2 Å². The minimum absolute atomic E-state index is 0. The maximum Gasteiger partial charge on any atom is 0.390 e. The second-order valence-electron chi connectivity index (χ2n) is 5.43. The summed E-state index contributed by atoms with van der Waals surface area (Å²) in [5.41, 5.74) is 2.72. The molecular weight excluding hydrogens is 336 g/mol. The van der Waals surface area contributed by atoms with Crippen LogP contribution >= 0.6 is 24.8 Å². The van der Waals surface area contributed by atoms with Crippen LogP contribution in [0.4, 0.5) is 13.2 Å². The first-order valence-corrected chi connectivity index (χ1v) is 6.96. The largest absolute Gasteiger partial charge is 0.390 e. The smallest absolute Gasteiger partial charge is 0.314 e. The lowest BCUT2D eigenvalue weighted by Gasteiger charge is -2.37. The number of halogens is 5. The number of hydrogen-bond acceptors (Lipinski definition) is 2. The Hall–Kier alpha value is -0.490. The molecule has 1 N–H and O–H groups in total. The normalized spacial score (nSPS) is 17.3. The average molecular weight is 359 g/mol. The predicted molar refractivity (Wildman–Crippen MR) is 88.3 cm³/mol. The van der Waals surface area contributed by atoms with Crippen LogP contribution in [0.2, 0.25) is 0 Å². The summed E-state index contributed by atoms with van der Waals surface area (Å²) in [5, 5.41) is 3.19. The molecule has 0 aromatic heterocycles. The molecule has 1 aliphatic heterocycles. The van der Waals surface area contributed by atoms with Crippen LogP contribution in [-0.2, 0) is 0 Å². The molecule has 0 unspecified atom stereocenters. The quantitative estimate of drug-likeness (QED) is 0.876. The molecule has 2 nitrogen and oxygen atoms in total. The molecule has 0 amide bonds. The number of aryl methyl sites for hydroxylation is 2. The Labute approximate surface area is 142 Å². The maximum atomic E-state index is 13.0. The molecule has 0 bridgehead atoms. The van der Waals surface area contributed by atoms with E-state index < -0.39 is 18.6 Å². The zero-order valence-electron chi connectivity index (χ0n) is 12.7. The van der Waals surface area contributed by atoms with Gasteiger partial charge in [0, 0.05) is 32.2 Å². The van der Waals surface area contributed by atoms with Crippen LogP contribution in [0.5, 0.6) is 0 Å². The van der Waals surface area contributed by atoms with E-state index in [1.807, 2.05) is 36.9 Å². The molecule has 1 fully saturated rings. The molecule has 0 saturated carbocycles. The van der Waals surface area contributed by atoms with E-state index in [9.17, 15) is 13.2 Å². The molecule has 0 aliphatic carbocycles. The summed E-state index contributed by atoms with van der Waals surface area (Å²) in [6, 6.07) is 5.12. The topological polar surface area (TPSA) is 15.3 Å². The monoisotopic (exact) mass is 358 g/mol. The molecule has 1 aromatic carbocycles. The fourth-order valence-corrected chi connectivity index (χ4v) is 2.98. The Morgan fingerprint density at radius 2 is 1.59 bits per heavy atom. The first kappa shape index (κ1) is 21.5. The van der Waals surface area contributed by atoms with Gasteiger partial charge in [0.25, 0.3) is 0 Å². The Kier molecular flexibility index (Phi) is 8.77. The van der Waals surface area contributed by atoms with E-state index in [4.69, 9.17) is 0 Å². The summed E-state index contributed by atoms with van der Waals surface area (Å²) in [6.45, 7) is 6.61. The van der Waals surface area contributed by atoms with Crippen molar-refractivity contribution in [2.75, 3.05) is 26.2 Å². The van der Waals surface area contributed by atoms with E-state index in [2.05, 4.69) is 5.32 Å². The molecule has 0 spiro atoms. The number of nitrogens with one attached hydrogen (secondary N) is 1. The zero-order chi connectivity index (χ0) is 14.8. The van der Waals surface area contributed by atoms with Crippen molar-refractivity contribution in [1.82, 2.24) is 10.2 Å². The fourth-order valence-electron chi connectivity index (χ4n) is 2.98. The van der Waals surface area contributed by atoms with Crippen LogP contribution < -0.4 is 5.32 Å². The molecule has 1 atom stereocenters. The van der Waals surface area contributed by atoms with Crippen molar-refractivity contribution >= 4 is 24.8 Å². The van der Waals surface area contributed by atoms with Crippen molar-refractivity contribution in [2.24, 2.45) is 0 Å². The van der Waals surface area contributed by atoms with Crippen LogP contribution in [0.25, 0.3) is 0 Å². The van der Waals surface area contributed by atoms with Gasteiger partial charge in [0.15, 0.2) is 0 Å². The molecule has 1 saturated heterocycles. The molecule has 1 aliphatic rings. The third kappa shape index (κ3) is 5.61. The van der Waals surface area contributed by atoms with Crippen LogP contribution in [-0.4, -0.2) is 37.3 Å². The highest BCUT2D eigenvalue weighted by Crippen LogP contribution is 2.36. The van der Waals surface area contributed by atoms with Gasteiger partial charge in [-0.25, -0.2) is 0 Å².